The van der Waals surface area contributed by atoms with E-state index in [1.807, 2.05) is 42.3 Å². The fourth-order valence-corrected chi connectivity index (χ4v) is 3.67. The largest absolute Gasteiger partial charge is 0.346 e. The van der Waals surface area contributed by atoms with Crippen LogP contribution in [0.3, 0.4) is 0 Å². The van der Waals surface area contributed by atoms with E-state index >= 15 is 0 Å². The lowest BCUT2D eigenvalue weighted by Crippen LogP contribution is -2.28. The molecule has 1 amide bonds. The number of carbonyl (C=O) groups is 1. The Balaban J connectivity index is 1.65. The van der Waals surface area contributed by atoms with Gasteiger partial charge in [-0.05, 0) is 49.3 Å². The summed E-state index contributed by atoms with van der Waals surface area (Å²) in [5, 5.41) is 7.38. The number of nitrogens with one attached hydrogen (secondary N) is 2. The molecular formula is C18H24N4OS. The first kappa shape index (κ1) is 17.0. The van der Waals surface area contributed by atoms with Gasteiger partial charge in [-0.3, -0.25) is 4.79 Å². The van der Waals surface area contributed by atoms with E-state index in [1.165, 1.54) is 18.4 Å². The molecule has 1 aromatic heterocycles. The van der Waals surface area contributed by atoms with Gasteiger partial charge in [-0.2, -0.15) is 0 Å². The molecule has 2 N–H and O–H groups in total. The van der Waals surface area contributed by atoms with Gasteiger partial charge >= 0.3 is 0 Å². The maximum Gasteiger partial charge on any atom is 0.251 e. The summed E-state index contributed by atoms with van der Waals surface area (Å²) in [7, 11) is 1.97. The third kappa shape index (κ3) is 3.82. The number of amides is 1. The Morgan fingerprint density at radius 2 is 2.38 bits per heavy atom. The van der Waals surface area contributed by atoms with Crippen LogP contribution in [0.25, 0.3) is 0 Å². The van der Waals surface area contributed by atoms with Crippen LogP contribution in [0.5, 0.6) is 0 Å². The van der Waals surface area contributed by atoms with Crippen molar-refractivity contribution in [3.05, 3.63) is 47.3 Å². The number of hydrogen-bond acceptors (Lipinski definition) is 4. The average Bonchev–Trinajstić information content (AvgIpc) is 3.00. The highest BCUT2D eigenvalue weighted by molar-refractivity contribution is 7.98. The highest BCUT2D eigenvalue weighted by atomic mass is 32.2. The van der Waals surface area contributed by atoms with Crippen molar-refractivity contribution in [1.82, 2.24) is 20.2 Å². The predicted molar refractivity (Wildman–Crippen MR) is 97.4 cm³/mol. The number of piperidine rings is 1. The van der Waals surface area contributed by atoms with Crippen molar-refractivity contribution in [1.29, 1.82) is 0 Å². The van der Waals surface area contributed by atoms with Crippen molar-refractivity contribution in [3.8, 4) is 0 Å². The number of benzene rings is 1. The third-order valence-corrected chi connectivity index (χ3v) is 5.32. The van der Waals surface area contributed by atoms with Gasteiger partial charge < -0.3 is 15.2 Å². The van der Waals surface area contributed by atoms with Gasteiger partial charge in [0.25, 0.3) is 5.91 Å². The zero-order chi connectivity index (χ0) is 16.9. The zero-order valence-corrected chi connectivity index (χ0v) is 15.0. The molecule has 2 heterocycles. The van der Waals surface area contributed by atoms with E-state index in [0.29, 0.717) is 12.5 Å². The van der Waals surface area contributed by atoms with Crippen molar-refractivity contribution in [2.45, 2.75) is 30.5 Å². The number of thioether (sulfide) groups is 1. The first-order valence-corrected chi connectivity index (χ1v) is 9.55. The molecule has 1 atom stereocenters. The summed E-state index contributed by atoms with van der Waals surface area (Å²) in [4.78, 5) is 16.8. The smallest absolute Gasteiger partial charge is 0.251 e. The lowest BCUT2D eigenvalue weighted by atomic mass is 9.90. The van der Waals surface area contributed by atoms with Gasteiger partial charge in [0, 0.05) is 19.2 Å². The van der Waals surface area contributed by atoms with Crippen molar-refractivity contribution < 1.29 is 4.79 Å². The van der Waals surface area contributed by atoms with E-state index in [4.69, 9.17) is 0 Å². The Labute approximate surface area is 147 Å². The maximum atomic E-state index is 12.5. The molecule has 0 spiro atoms. The molecule has 24 heavy (non-hydrogen) atoms. The lowest BCUT2D eigenvalue weighted by Gasteiger charge is -2.23. The zero-order valence-electron chi connectivity index (χ0n) is 14.2. The number of carbonyl (C=O) groups excluding carboxylic acids is 1. The summed E-state index contributed by atoms with van der Waals surface area (Å²) < 4.78 is 2.01. The Bertz CT molecular complexity index is 707. The average molecular weight is 344 g/mol. The Morgan fingerprint density at radius 1 is 1.50 bits per heavy atom. The fourth-order valence-electron chi connectivity index (χ4n) is 3.12. The first-order valence-electron chi connectivity index (χ1n) is 8.32. The minimum atomic E-state index is -0.0347. The minimum Gasteiger partial charge on any atom is -0.346 e. The van der Waals surface area contributed by atoms with Gasteiger partial charge in [-0.1, -0.05) is 23.9 Å². The van der Waals surface area contributed by atoms with Crippen LogP contribution >= 0.6 is 11.8 Å². The number of imidazole rings is 1. The SMILES string of the molecule is CSc1ncc(CNC(=O)c2cccc([C@H]3CCCNC3)c2)n1C. The fraction of sp³-hybridized carbons (Fsp3) is 0.444. The maximum absolute atomic E-state index is 12.5. The molecule has 1 aliphatic heterocycles. The summed E-state index contributed by atoms with van der Waals surface area (Å²) in [6.45, 7) is 2.58. The normalized spacial score (nSPS) is 17.7. The molecule has 3 rings (SSSR count). The molecular weight excluding hydrogens is 320 g/mol. The van der Waals surface area contributed by atoms with Gasteiger partial charge in [0.05, 0.1) is 18.4 Å². The van der Waals surface area contributed by atoms with Gasteiger partial charge in [0.15, 0.2) is 5.16 Å². The molecule has 0 saturated carbocycles. The topological polar surface area (TPSA) is 59.0 Å². The van der Waals surface area contributed by atoms with Crippen molar-refractivity contribution in [2.24, 2.45) is 7.05 Å². The molecule has 1 aliphatic rings. The van der Waals surface area contributed by atoms with Gasteiger partial charge in [-0.25, -0.2) is 4.98 Å². The molecule has 5 nitrogen and oxygen atoms in total. The van der Waals surface area contributed by atoms with E-state index in [2.05, 4.69) is 21.7 Å². The molecule has 1 fully saturated rings. The minimum absolute atomic E-state index is 0.0347. The third-order valence-electron chi connectivity index (χ3n) is 4.57. The monoisotopic (exact) mass is 344 g/mol. The highest BCUT2D eigenvalue weighted by Gasteiger charge is 2.16. The van der Waals surface area contributed by atoms with E-state index < -0.39 is 0 Å². The van der Waals surface area contributed by atoms with E-state index in [9.17, 15) is 4.79 Å². The molecule has 1 saturated heterocycles. The predicted octanol–water partition coefficient (Wildman–Crippen LogP) is 2.54. The van der Waals surface area contributed by atoms with Crippen molar-refractivity contribution in [3.63, 3.8) is 0 Å². The van der Waals surface area contributed by atoms with E-state index in [-0.39, 0.29) is 5.91 Å². The van der Waals surface area contributed by atoms with Gasteiger partial charge in [-0.15, -0.1) is 0 Å². The van der Waals surface area contributed by atoms with Gasteiger partial charge in [0.2, 0.25) is 0 Å². The standard InChI is InChI=1S/C18H24N4OS/c1-22-16(12-21-18(22)24-2)11-20-17(23)14-6-3-5-13(9-14)15-7-4-8-19-10-15/h3,5-6,9,12,15,19H,4,7-8,10-11H2,1-2H3,(H,20,23)/t15-/m0/s1. The molecule has 0 bridgehead atoms. The Morgan fingerprint density at radius 3 is 3.08 bits per heavy atom. The summed E-state index contributed by atoms with van der Waals surface area (Å²) in [6.07, 6.45) is 6.19. The van der Waals surface area contributed by atoms with Gasteiger partial charge in [0.1, 0.15) is 0 Å². The number of nitrogens with zero attached hydrogens (tertiary/aromatic N) is 2. The van der Waals surface area contributed by atoms with Crippen LogP contribution in [-0.4, -0.2) is 34.8 Å². The van der Waals surface area contributed by atoms with Crippen LogP contribution in [-0.2, 0) is 13.6 Å². The number of hydrogen-bond donors (Lipinski definition) is 2. The number of aromatic nitrogens is 2. The molecule has 128 valence electrons. The Kier molecular flexibility index (Phi) is 5.58. The van der Waals surface area contributed by atoms with Crippen LogP contribution in [0.2, 0.25) is 0 Å². The molecule has 2 aromatic rings. The van der Waals surface area contributed by atoms with Crippen LogP contribution in [0.4, 0.5) is 0 Å². The van der Waals surface area contributed by atoms with Crippen LogP contribution < -0.4 is 10.6 Å². The highest BCUT2D eigenvalue weighted by Crippen LogP contribution is 2.23. The summed E-state index contributed by atoms with van der Waals surface area (Å²) in [6, 6.07) is 8.02. The summed E-state index contributed by atoms with van der Waals surface area (Å²) >= 11 is 1.60. The first-order chi connectivity index (χ1) is 11.7. The lowest BCUT2D eigenvalue weighted by molar-refractivity contribution is 0.0950. The summed E-state index contributed by atoms with van der Waals surface area (Å²) in [5.41, 5.74) is 2.98. The molecule has 1 aromatic carbocycles. The molecule has 6 heteroatoms. The number of rotatable bonds is 5. The van der Waals surface area contributed by atoms with E-state index in [0.717, 1.165) is 29.5 Å². The Hall–Kier alpha value is -1.79. The second-order valence-corrected chi connectivity index (χ2v) is 6.92. The second kappa shape index (κ2) is 7.85. The molecule has 0 aliphatic carbocycles. The quantitative estimate of drug-likeness (QED) is 0.819. The van der Waals surface area contributed by atoms with Crippen LogP contribution in [0, 0.1) is 0 Å². The molecule has 0 radical (unpaired) electrons. The second-order valence-electron chi connectivity index (χ2n) is 6.15. The van der Waals surface area contributed by atoms with Crippen LogP contribution in [0.1, 0.15) is 40.4 Å². The van der Waals surface area contributed by atoms with E-state index in [1.54, 1.807) is 11.8 Å². The van der Waals surface area contributed by atoms with Crippen molar-refractivity contribution >= 4 is 17.7 Å². The molecule has 0 unspecified atom stereocenters. The summed E-state index contributed by atoms with van der Waals surface area (Å²) in [5.74, 6) is 0.472. The van der Waals surface area contributed by atoms with Crippen LogP contribution in [0.15, 0.2) is 35.6 Å². The van der Waals surface area contributed by atoms with Crippen molar-refractivity contribution in [2.75, 3.05) is 19.3 Å².